The average Bonchev–Trinajstić information content (AvgIpc) is 3.61. The minimum Gasteiger partial charge on any atom is -0.378 e. The zero-order valence-corrected chi connectivity index (χ0v) is 31.1. The van der Waals surface area contributed by atoms with Gasteiger partial charge in [-0.25, -0.2) is 26.6 Å². The van der Waals surface area contributed by atoms with Crippen LogP contribution in [-0.2, 0) is 46.9 Å². The quantitative estimate of drug-likeness (QED) is 0.121. The molecule has 3 aromatic heterocycles. The van der Waals surface area contributed by atoms with Gasteiger partial charge in [-0.1, -0.05) is 5.92 Å². The lowest BCUT2D eigenvalue weighted by atomic mass is 9.93. The second-order valence-electron chi connectivity index (χ2n) is 14.5. The second-order valence-corrected chi connectivity index (χ2v) is 16.3. The topological polar surface area (TPSA) is 144 Å². The van der Waals surface area contributed by atoms with Gasteiger partial charge in [0.2, 0.25) is 15.9 Å². The number of amides is 1. The summed E-state index contributed by atoms with van der Waals surface area (Å²) in [5.74, 6) is -5.28. The molecule has 5 aromatic rings. The van der Waals surface area contributed by atoms with E-state index in [-0.39, 0.29) is 51.2 Å². The minimum absolute atomic E-state index is 0.0121. The summed E-state index contributed by atoms with van der Waals surface area (Å²) < 4.78 is 145. The number of anilines is 1. The predicted molar refractivity (Wildman–Crippen MR) is 188 cm³/mol. The molecule has 3 atom stereocenters. The highest BCUT2D eigenvalue weighted by atomic mass is 32.2. The van der Waals surface area contributed by atoms with Crippen LogP contribution in [0.15, 0.2) is 42.5 Å². The van der Waals surface area contributed by atoms with Gasteiger partial charge in [0.15, 0.2) is 11.5 Å². The molecule has 20 heteroatoms. The number of aromatic nitrogens is 5. The van der Waals surface area contributed by atoms with Gasteiger partial charge in [-0.3, -0.25) is 18.9 Å². The van der Waals surface area contributed by atoms with Crippen molar-refractivity contribution in [3.8, 4) is 23.0 Å². The normalized spacial score (nSPS) is 17.8. The molecule has 300 valence electrons. The number of sulfonamides is 1. The number of aryl methyl sites for hydroxylation is 1. The van der Waals surface area contributed by atoms with E-state index in [1.807, 2.05) is 0 Å². The van der Waals surface area contributed by atoms with Crippen molar-refractivity contribution in [1.82, 2.24) is 29.9 Å². The minimum atomic E-state index is -5.10. The summed E-state index contributed by atoms with van der Waals surface area (Å²) >= 11 is 0. The molecule has 57 heavy (non-hydrogen) atoms. The highest BCUT2D eigenvalue weighted by Gasteiger charge is 2.68. The molecule has 0 bridgehead atoms. The van der Waals surface area contributed by atoms with E-state index >= 15 is 13.2 Å². The van der Waals surface area contributed by atoms with E-state index in [9.17, 15) is 40.3 Å². The van der Waals surface area contributed by atoms with E-state index in [0.717, 1.165) is 24.5 Å². The molecule has 1 fully saturated rings. The Morgan fingerprint density at radius 1 is 1.05 bits per heavy atom. The SMILES string of the molecule is Cn1nc(NS(C)(=O)=O)c2c(F)ccc(-c3ccc(C#CC(C)(C)O)nc3[C@H](Cc3cc(F)cc(F)c3)NC(=O)Cn3nc(C(F)(F)F)c4c3C(F)(F)[C@@H]3C[C@H]43)c21. The molecule has 2 aromatic carbocycles. The highest BCUT2D eigenvalue weighted by Crippen LogP contribution is 2.68. The van der Waals surface area contributed by atoms with Gasteiger partial charge in [-0.2, -0.15) is 32.1 Å². The number of hydrogen-bond acceptors (Lipinski definition) is 7. The van der Waals surface area contributed by atoms with E-state index in [4.69, 9.17) is 0 Å². The van der Waals surface area contributed by atoms with Gasteiger partial charge in [-0.15, -0.1) is 0 Å². The second kappa shape index (κ2) is 13.5. The number of fused-ring (bicyclic) bond motifs is 4. The van der Waals surface area contributed by atoms with Crippen molar-refractivity contribution in [2.75, 3.05) is 11.0 Å². The monoisotopic (exact) mass is 821 g/mol. The summed E-state index contributed by atoms with van der Waals surface area (Å²) in [4.78, 5) is 18.5. The molecule has 2 aliphatic carbocycles. The fraction of sp³-hybridized carbons (Fsp3) is 0.351. The van der Waals surface area contributed by atoms with Gasteiger partial charge in [0.05, 0.1) is 28.9 Å². The van der Waals surface area contributed by atoms with E-state index in [1.54, 1.807) is 0 Å². The Bertz CT molecular complexity index is 2640. The lowest BCUT2D eigenvalue weighted by Crippen LogP contribution is -2.35. The van der Waals surface area contributed by atoms with Crippen LogP contribution in [0, 0.1) is 35.2 Å². The molecule has 3 N–H and O–H groups in total. The number of alkyl halides is 5. The first-order valence-corrected chi connectivity index (χ1v) is 19.0. The highest BCUT2D eigenvalue weighted by molar-refractivity contribution is 7.92. The molecule has 0 aliphatic heterocycles. The van der Waals surface area contributed by atoms with Crippen molar-refractivity contribution in [2.45, 2.75) is 62.9 Å². The number of hydrogen-bond donors (Lipinski definition) is 3. The lowest BCUT2D eigenvalue weighted by Gasteiger charge is -2.23. The van der Waals surface area contributed by atoms with Gasteiger partial charge < -0.3 is 10.4 Å². The first-order chi connectivity index (χ1) is 26.4. The van der Waals surface area contributed by atoms with Crippen LogP contribution in [0.5, 0.6) is 0 Å². The summed E-state index contributed by atoms with van der Waals surface area (Å²) in [6, 6.07) is 6.17. The number of nitrogens with zero attached hydrogens (tertiary/aromatic N) is 5. The Hall–Kier alpha value is -5.55. The molecule has 1 saturated carbocycles. The number of carbonyl (C=O) groups is 1. The van der Waals surface area contributed by atoms with Gasteiger partial charge in [0.25, 0.3) is 5.92 Å². The number of pyridine rings is 1. The van der Waals surface area contributed by atoms with Crippen LogP contribution in [0.25, 0.3) is 22.0 Å². The van der Waals surface area contributed by atoms with Crippen molar-refractivity contribution >= 4 is 32.7 Å². The number of halogens is 8. The number of nitrogens with one attached hydrogen (secondary N) is 2. The molecule has 0 unspecified atom stereocenters. The molecule has 7 rings (SSSR count). The fourth-order valence-electron chi connectivity index (χ4n) is 7.25. The Balaban J connectivity index is 1.39. The molecule has 0 spiro atoms. The van der Waals surface area contributed by atoms with E-state index in [1.165, 1.54) is 43.8 Å². The standard InChI is InChI=1S/C37H31F8N7O4S/c1-35(2,54)10-9-20-5-6-21(22-7-8-25(40)29-31(22)51(3)49-34(29)50-57(4,55)56)30(46-20)26(13-17-11-18(38)14-19(39)12-17)47-27(53)16-52-33-28(32(48-52)37(43,44)45)23-15-24(23)36(33,41)42/h5-8,11-12,14,23-24,26,54H,13,15-16H2,1-4H3,(H,47,53)(H,49,50)/t23-,24+,26-/m0/s1. The van der Waals surface area contributed by atoms with Gasteiger partial charge in [0.1, 0.15) is 41.0 Å². The maximum Gasteiger partial charge on any atom is 0.435 e. The zero-order valence-electron chi connectivity index (χ0n) is 30.2. The van der Waals surface area contributed by atoms with Crippen LogP contribution in [0.3, 0.4) is 0 Å². The van der Waals surface area contributed by atoms with Crippen molar-refractivity contribution in [3.63, 3.8) is 0 Å². The maximum atomic E-state index is 15.5. The number of carbonyl (C=O) groups excluding carboxylic acids is 1. The van der Waals surface area contributed by atoms with Crippen molar-refractivity contribution < 1.29 is 53.4 Å². The Morgan fingerprint density at radius 2 is 1.72 bits per heavy atom. The van der Waals surface area contributed by atoms with Crippen LogP contribution < -0.4 is 10.0 Å². The van der Waals surface area contributed by atoms with E-state index in [0.29, 0.717) is 10.7 Å². The molecule has 0 radical (unpaired) electrons. The Labute approximate surface area is 319 Å². The van der Waals surface area contributed by atoms with Crippen LogP contribution in [-0.4, -0.2) is 55.8 Å². The van der Waals surface area contributed by atoms with E-state index < -0.39 is 98.9 Å². The number of benzene rings is 2. The van der Waals surface area contributed by atoms with Crippen molar-refractivity contribution in [3.05, 3.63) is 93.8 Å². The summed E-state index contributed by atoms with van der Waals surface area (Å²) in [6.45, 7) is 1.65. The molecule has 0 saturated heterocycles. The number of rotatable bonds is 9. The third-order valence-corrected chi connectivity index (χ3v) is 10.0. The molecule has 11 nitrogen and oxygen atoms in total. The Morgan fingerprint density at radius 3 is 2.35 bits per heavy atom. The van der Waals surface area contributed by atoms with Gasteiger partial charge in [-0.05, 0) is 80.5 Å². The maximum absolute atomic E-state index is 15.5. The largest absolute Gasteiger partial charge is 0.435 e. The summed E-state index contributed by atoms with van der Waals surface area (Å²) in [5.41, 5.74) is -4.63. The molecule has 1 amide bonds. The van der Waals surface area contributed by atoms with Gasteiger partial charge >= 0.3 is 6.18 Å². The average molecular weight is 822 g/mol. The molecule has 3 heterocycles. The smallest absolute Gasteiger partial charge is 0.378 e. The summed E-state index contributed by atoms with van der Waals surface area (Å²) in [6.07, 6.45) is -4.90. The summed E-state index contributed by atoms with van der Waals surface area (Å²) in [5, 5.41) is 20.1. The third-order valence-electron chi connectivity index (χ3n) is 9.45. The van der Waals surface area contributed by atoms with Crippen molar-refractivity contribution in [1.29, 1.82) is 0 Å². The third kappa shape index (κ3) is 7.77. The molecular formula is C37H31F8N7O4S. The first kappa shape index (κ1) is 39.7. The lowest BCUT2D eigenvalue weighted by molar-refractivity contribution is -0.142. The summed E-state index contributed by atoms with van der Waals surface area (Å²) in [7, 11) is -2.57. The van der Waals surface area contributed by atoms with E-state index in [2.05, 4.69) is 37.1 Å². The Kier molecular flexibility index (Phi) is 9.43. The van der Waals surface area contributed by atoms with Gasteiger partial charge in [0, 0.05) is 35.7 Å². The fourth-order valence-corrected chi connectivity index (χ4v) is 7.74. The molecule has 2 aliphatic rings. The number of aliphatic hydroxyl groups is 1. The predicted octanol–water partition coefficient (Wildman–Crippen LogP) is 6.07. The van der Waals surface area contributed by atoms with Crippen LogP contribution in [0.4, 0.5) is 40.9 Å². The van der Waals surface area contributed by atoms with Crippen molar-refractivity contribution in [2.24, 2.45) is 13.0 Å². The van der Waals surface area contributed by atoms with Crippen LogP contribution in [0.1, 0.15) is 66.1 Å². The zero-order chi connectivity index (χ0) is 41.6. The first-order valence-electron chi connectivity index (χ1n) is 17.1. The molecular weight excluding hydrogens is 791 g/mol. The van der Waals surface area contributed by atoms with Crippen LogP contribution in [0.2, 0.25) is 0 Å². The van der Waals surface area contributed by atoms with Crippen LogP contribution >= 0.6 is 0 Å².